The Hall–Kier alpha value is 0.180. The van der Waals surface area contributed by atoms with E-state index in [2.05, 4.69) is 15.9 Å². The van der Waals surface area contributed by atoms with E-state index in [9.17, 15) is 9.36 Å². The Morgan fingerprint density at radius 2 is 1.35 bits per heavy atom. The molecule has 2 saturated carbocycles. The lowest BCUT2D eigenvalue weighted by atomic mass is 9.99. The molecule has 1 unspecified atom stereocenters. The lowest BCUT2D eigenvalue weighted by Crippen LogP contribution is -2.35. The molecule has 0 aromatic rings. The predicted octanol–water partition coefficient (Wildman–Crippen LogP) is 6.08. The van der Waals surface area contributed by atoms with E-state index in [1.54, 1.807) is 0 Å². The van der Waals surface area contributed by atoms with E-state index < -0.39 is 17.3 Å². The van der Waals surface area contributed by atoms with Crippen molar-refractivity contribution in [1.29, 1.82) is 0 Å². The van der Waals surface area contributed by atoms with Crippen LogP contribution in [0.3, 0.4) is 0 Å². The van der Waals surface area contributed by atoms with E-state index in [0.29, 0.717) is 0 Å². The van der Waals surface area contributed by atoms with Crippen molar-refractivity contribution in [3.05, 3.63) is 0 Å². The van der Waals surface area contributed by atoms with Gasteiger partial charge in [0.15, 0.2) is 4.57 Å². The van der Waals surface area contributed by atoms with Crippen LogP contribution in [0.5, 0.6) is 0 Å². The van der Waals surface area contributed by atoms with Gasteiger partial charge in [0.05, 0.1) is 0 Å². The van der Waals surface area contributed by atoms with Gasteiger partial charge in [-0.3, -0.25) is 4.79 Å². The maximum Gasteiger partial charge on any atom is 0.327 e. The molecule has 0 radical (unpaired) electrons. The third-order valence-corrected chi connectivity index (χ3v) is 11.8. The first-order chi connectivity index (χ1) is 10.7. The van der Waals surface area contributed by atoms with E-state index in [1.165, 1.54) is 12.8 Å². The van der Waals surface area contributed by atoms with Gasteiger partial charge in [-0.1, -0.05) is 54.5 Å². The van der Waals surface area contributed by atoms with Gasteiger partial charge < -0.3 is 9.30 Å². The van der Waals surface area contributed by atoms with Crippen LogP contribution in [0, 0.1) is 0 Å². The molecule has 3 nitrogen and oxygen atoms in total. The molecular weight excluding hydrogens is 375 g/mol. The highest BCUT2D eigenvalue weighted by Gasteiger charge is 2.49. The van der Waals surface area contributed by atoms with Crippen molar-refractivity contribution >= 4 is 29.0 Å². The highest BCUT2D eigenvalue weighted by Crippen LogP contribution is 2.67. The first-order valence-corrected chi connectivity index (χ1v) is 12.0. The van der Waals surface area contributed by atoms with Gasteiger partial charge in [0, 0.05) is 11.3 Å². The van der Waals surface area contributed by atoms with Crippen molar-refractivity contribution in [3.8, 4) is 0 Å². The van der Waals surface area contributed by atoms with Gasteiger partial charge in [-0.25, -0.2) is 0 Å². The normalized spacial score (nSPS) is 23.5. The Morgan fingerprint density at radius 3 is 1.70 bits per heavy atom. The van der Waals surface area contributed by atoms with Crippen molar-refractivity contribution in [1.82, 2.24) is 0 Å². The van der Waals surface area contributed by atoms with E-state index in [1.807, 2.05) is 20.8 Å². The summed E-state index contributed by atoms with van der Waals surface area (Å²) in [5.74, 6) is -0.322. The average molecular weight is 407 g/mol. The number of hydrogen-bond donors (Lipinski definition) is 0. The molecular formula is C18H32BrO3P. The van der Waals surface area contributed by atoms with Crippen molar-refractivity contribution in [2.45, 2.75) is 106 Å². The summed E-state index contributed by atoms with van der Waals surface area (Å²) in [6, 6.07) is 0. The van der Waals surface area contributed by atoms with Crippen molar-refractivity contribution < 1.29 is 14.1 Å². The molecule has 0 saturated heterocycles. The van der Waals surface area contributed by atoms with Gasteiger partial charge in [0.1, 0.15) is 12.7 Å². The van der Waals surface area contributed by atoms with Crippen LogP contribution >= 0.6 is 23.1 Å². The van der Waals surface area contributed by atoms with E-state index in [0.717, 1.165) is 51.4 Å². The summed E-state index contributed by atoms with van der Waals surface area (Å²) in [6.45, 7) is 5.62. The fourth-order valence-corrected chi connectivity index (χ4v) is 10.3. The quantitative estimate of drug-likeness (QED) is 0.322. The first kappa shape index (κ1) is 19.5. The van der Waals surface area contributed by atoms with Crippen LogP contribution < -0.4 is 0 Å². The Kier molecular flexibility index (Phi) is 6.82. The monoisotopic (exact) mass is 406 g/mol. The largest absolute Gasteiger partial charge is 0.459 e. The van der Waals surface area contributed by atoms with Gasteiger partial charge in [-0.05, 0) is 46.5 Å². The van der Waals surface area contributed by atoms with Crippen LogP contribution in [0.15, 0.2) is 0 Å². The van der Waals surface area contributed by atoms with Crippen LogP contribution in [0.2, 0.25) is 0 Å². The van der Waals surface area contributed by atoms with E-state index >= 15 is 0 Å². The summed E-state index contributed by atoms with van der Waals surface area (Å²) in [5, 5.41) is 0. The van der Waals surface area contributed by atoms with Gasteiger partial charge in [0.25, 0.3) is 0 Å². The SMILES string of the molecule is CC(C)(C)OC(=O)C(Br)P(=O)(C1CCCCC1)C1CCCCC1. The predicted molar refractivity (Wildman–Crippen MR) is 99.9 cm³/mol. The summed E-state index contributed by atoms with van der Waals surface area (Å²) in [6.07, 6.45) is 11.1. The van der Waals surface area contributed by atoms with Crippen molar-refractivity contribution in [2.75, 3.05) is 0 Å². The number of hydrogen-bond acceptors (Lipinski definition) is 3. The number of esters is 1. The summed E-state index contributed by atoms with van der Waals surface area (Å²) in [4.78, 5) is 12.6. The van der Waals surface area contributed by atoms with Crippen LogP contribution in [-0.2, 0) is 14.1 Å². The Balaban J connectivity index is 2.24. The molecule has 0 amide bonds. The summed E-state index contributed by atoms with van der Waals surface area (Å²) in [7, 11) is -2.66. The molecule has 2 aliphatic carbocycles. The molecule has 2 aliphatic rings. The molecule has 0 aliphatic heterocycles. The average Bonchev–Trinajstić information content (AvgIpc) is 2.53. The number of carbonyl (C=O) groups is 1. The highest BCUT2D eigenvalue weighted by atomic mass is 79.9. The number of ether oxygens (including phenoxy) is 1. The van der Waals surface area contributed by atoms with Crippen LogP contribution in [0.4, 0.5) is 0 Å². The second-order valence-corrected chi connectivity index (χ2v) is 13.3. The van der Waals surface area contributed by atoms with E-state index in [4.69, 9.17) is 4.74 Å². The molecule has 0 N–H and O–H groups in total. The lowest BCUT2D eigenvalue weighted by Gasteiger charge is -2.40. The van der Waals surface area contributed by atoms with Crippen LogP contribution in [-0.4, -0.2) is 27.5 Å². The van der Waals surface area contributed by atoms with Crippen LogP contribution in [0.1, 0.15) is 85.0 Å². The molecule has 5 heteroatoms. The van der Waals surface area contributed by atoms with Gasteiger partial charge in [-0.15, -0.1) is 0 Å². The minimum Gasteiger partial charge on any atom is -0.459 e. The second kappa shape index (κ2) is 8.04. The zero-order valence-electron chi connectivity index (χ0n) is 14.9. The highest BCUT2D eigenvalue weighted by molar-refractivity contribution is 9.11. The maximum absolute atomic E-state index is 14.2. The molecule has 0 heterocycles. The minimum absolute atomic E-state index is 0.205. The Bertz CT molecular complexity index is 424. The van der Waals surface area contributed by atoms with Gasteiger partial charge in [0.2, 0.25) is 0 Å². The summed E-state index contributed by atoms with van der Waals surface area (Å²) in [5.41, 5.74) is -0.125. The molecule has 0 aromatic carbocycles. The zero-order chi connectivity index (χ0) is 17.1. The number of halogens is 1. The number of rotatable bonds is 4. The molecule has 0 aromatic heterocycles. The Morgan fingerprint density at radius 1 is 0.957 bits per heavy atom. The van der Waals surface area contributed by atoms with E-state index in [-0.39, 0.29) is 17.3 Å². The molecule has 1 atom stereocenters. The molecule has 23 heavy (non-hydrogen) atoms. The first-order valence-electron chi connectivity index (χ1n) is 9.21. The number of alkyl halides is 1. The second-order valence-electron chi connectivity index (χ2n) is 8.22. The summed E-state index contributed by atoms with van der Waals surface area (Å²) < 4.78 is 19.1. The van der Waals surface area contributed by atoms with Crippen LogP contribution in [0.25, 0.3) is 0 Å². The van der Waals surface area contributed by atoms with Gasteiger partial charge >= 0.3 is 5.97 Å². The molecule has 2 fully saturated rings. The van der Waals surface area contributed by atoms with Gasteiger partial charge in [-0.2, -0.15) is 0 Å². The maximum atomic E-state index is 14.2. The molecule has 134 valence electrons. The topological polar surface area (TPSA) is 43.4 Å². The molecule has 2 rings (SSSR count). The van der Waals surface area contributed by atoms with Crippen molar-refractivity contribution in [3.63, 3.8) is 0 Å². The smallest absolute Gasteiger partial charge is 0.327 e. The number of carbonyl (C=O) groups excluding carboxylic acids is 1. The third kappa shape index (κ3) is 4.84. The lowest BCUT2D eigenvalue weighted by molar-refractivity contribution is -0.152. The minimum atomic E-state index is -2.66. The fourth-order valence-electron chi connectivity index (χ4n) is 4.15. The molecule has 0 bridgehead atoms. The third-order valence-electron chi connectivity index (χ3n) is 5.25. The van der Waals surface area contributed by atoms with Crippen molar-refractivity contribution in [2.24, 2.45) is 0 Å². The Labute approximate surface area is 149 Å². The molecule has 0 spiro atoms. The standard InChI is InChI=1S/C18H32BrO3P/c1-18(2,3)22-17(20)16(19)23(21,14-10-6-4-7-11-14)15-12-8-5-9-13-15/h14-16H,4-13H2,1-3H3. The zero-order valence-corrected chi connectivity index (χ0v) is 17.3. The summed E-state index contributed by atoms with van der Waals surface area (Å²) >= 11 is 3.55. The fraction of sp³-hybridized carbons (Fsp3) is 0.944.